The Morgan fingerprint density at radius 1 is 1.38 bits per heavy atom. The van der Waals surface area contributed by atoms with Gasteiger partial charge in [-0.3, -0.25) is 4.98 Å². The molecule has 0 amide bonds. The van der Waals surface area contributed by atoms with Crippen LogP contribution in [0.1, 0.15) is 18.4 Å². The number of nitrogens with one attached hydrogen (secondary N) is 1. The number of likely N-dealkylation sites (N-methyl/N-ethyl adjacent to an activating group) is 1. The summed E-state index contributed by atoms with van der Waals surface area (Å²) in [5.74, 6) is -0.957. The standard InChI is InChI=1S/C12H18N2O2/c1-14(9-2-3-12(15)16)10-6-11-4-7-13-8-5-11/h4-5,7-8H,2-3,6,9-10H2,1H3,(H,15,16). The molecule has 0 saturated carbocycles. The van der Waals surface area contributed by atoms with Gasteiger partial charge in [0.25, 0.3) is 0 Å². The number of quaternary nitrogens is 1. The normalized spacial score (nSPS) is 12.3. The summed E-state index contributed by atoms with van der Waals surface area (Å²) in [5.41, 5.74) is 1.27. The highest BCUT2D eigenvalue weighted by molar-refractivity contribution is 5.64. The SMILES string of the molecule is C[NH+](CCCC(=O)[O-])CCc1ccncc1. The predicted molar refractivity (Wildman–Crippen MR) is 58.8 cm³/mol. The molecule has 88 valence electrons. The van der Waals surface area contributed by atoms with Crippen LogP contribution in [0.4, 0.5) is 0 Å². The molecule has 1 atom stereocenters. The third-order valence-corrected chi connectivity index (χ3v) is 2.57. The second kappa shape index (κ2) is 6.95. The average molecular weight is 222 g/mol. The van der Waals surface area contributed by atoms with Crippen LogP contribution in [-0.2, 0) is 11.2 Å². The molecular formula is C12H18N2O2. The Morgan fingerprint density at radius 3 is 2.69 bits per heavy atom. The molecule has 4 nitrogen and oxygen atoms in total. The van der Waals surface area contributed by atoms with Gasteiger partial charge in [-0.25, -0.2) is 0 Å². The number of carboxylic acid groups (broad SMARTS) is 1. The number of rotatable bonds is 7. The summed E-state index contributed by atoms with van der Waals surface area (Å²) in [6, 6.07) is 4.02. The van der Waals surface area contributed by atoms with E-state index in [0.29, 0.717) is 6.42 Å². The zero-order chi connectivity index (χ0) is 11.8. The van der Waals surface area contributed by atoms with E-state index in [1.165, 1.54) is 10.5 Å². The Morgan fingerprint density at radius 2 is 2.06 bits per heavy atom. The molecule has 1 N–H and O–H groups in total. The number of carbonyl (C=O) groups excluding carboxylic acids is 1. The van der Waals surface area contributed by atoms with E-state index < -0.39 is 5.97 Å². The molecule has 0 aliphatic carbocycles. The molecule has 0 aliphatic heterocycles. The first kappa shape index (κ1) is 12.6. The van der Waals surface area contributed by atoms with Gasteiger partial charge in [0.2, 0.25) is 0 Å². The van der Waals surface area contributed by atoms with E-state index in [-0.39, 0.29) is 6.42 Å². The number of aromatic nitrogens is 1. The van der Waals surface area contributed by atoms with Crippen LogP contribution >= 0.6 is 0 Å². The van der Waals surface area contributed by atoms with E-state index >= 15 is 0 Å². The quantitative estimate of drug-likeness (QED) is 0.622. The summed E-state index contributed by atoms with van der Waals surface area (Å²) in [6.07, 6.45) is 5.43. The molecule has 1 unspecified atom stereocenters. The minimum atomic E-state index is -0.957. The fourth-order valence-corrected chi connectivity index (χ4v) is 1.57. The molecule has 0 bridgehead atoms. The number of carbonyl (C=O) groups is 1. The van der Waals surface area contributed by atoms with Gasteiger partial charge in [0.15, 0.2) is 0 Å². The lowest BCUT2D eigenvalue weighted by Crippen LogP contribution is -3.09. The summed E-state index contributed by atoms with van der Waals surface area (Å²) in [7, 11) is 2.08. The lowest BCUT2D eigenvalue weighted by atomic mass is 10.2. The molecular weight excluding hydrogens is 204 g/mol. The fourth-order valence-electron chi connectivity index (χ4n) is 1.57. The molecule has 1 rings (SSSR count). The van der Waals surface area contributed by atoms with Crippen molar-refractivity contribution in [1.82, 2.24) is 4.98 Å². The maximum absolute atomic E-state index is 10.2. The Kier molecular flexibility index (Phi) is 5.50. The zero-order valence-electron chi connectivity index (χ0n) is 9.61. The Labute approximate surface area is 95.9 Å². The lowest BCUT2D eigenvalue weighted by Gasteiger charge is -2.13. The van der Waals surface area contributed by atoms with Crippen LogP contribution in [0.15, 0.2) is 24.5 Å². The first-order valence-electron chi connectivity index (χ1n) is 5.58. The lowest BCUT2D eigenvalue weighted by molar-refractivity contribution is -0.879. The van der Waals surface area contributed by atoms with Gasteiger partial charge >= 0.3 is 0 Å². The second-order valence-electron chi connectivity index (χ2n) is 4.04. The number of pyridine rings is 1. The van der Waals surface area contributed by atoms with Crippen molar-refractivity contribution in [2.75, 3.05) is 20.1 Å². The van der Waals surface area contributed by atoms with E-state index in [9.17, 15) is 9.90 Å². The van der Waals surface area contributed by atoms with Crippen molar-refractivity contribution in [3.8, 4) is 0 Å². The molecule has 16 heavy (non-hydrogen) atoms. The molecule has 0 saturated heterocycles. The van der Waals surface area contributed by atoms with Crippen molar-refractivity contribution in [2.24, 2.45) is 0 Å². The molecule has 0 spiro atoms. The highest BCUT2D eigenvalue weighted by Gasteiger charge is 2.02. The summed E-state index contributed by atoms with van der Waals surface area (Å²) in [5, 5.41) is 10.2. The smallest absolute Gasteiger partial charge is 0.0809 e. The highest BCUT2D eigenvalue weighted by atomic mass is 16.4. The molecule has 1 heterocycles. The van der Waals surface area contributed by atoms with Crippen molar-refractivity contribution >= 4 is 5.97 Å². The number of hydrogen-bond acceptors (Lipinski definition) is 3. The monoisotopic (exact) mass is 222 g/mol. The average Bonchev–Trinajstić information content (AvgIpc) is 2.27. The van der Waals surface area contributed by atoms with Crippen molar-refractivity contribution in [2.45, 2.75) is 19.3 Å². The molecule has 0 fully saturated rings. The number of nitrogens with zero attached hydrogens (tertiary/aromatic N) is 1. The van der Waals surface area contributed by atoms with E-state index in [2.05, 4.69) is 12.0 Å². The second-order valence-corrected chi connectivity index (χ2v) is 4.04. The van der Waals surface area contributed by atoms with Gasteiger partial charge in [-0.1, -0.05) is 0 Å². The molecule has 1 aromatic rings. The molecule has 0 aromatic carbocycles. The van der Waals surface area contributed by atoms with Gasteiger partial charge in [0.05, 0.1) is 20.1 Å². The fraction of sp³-hybridized carbons (Fsp3) is 0.500. The minimum absolute atomic E-state index is 0.159. The summed E-state index contributed by atoms with van der Waals surface area (Å²) in [6.45, 7) is 1.89. The van der Waals surface area contributed by atoms with Crippen LogP contribution in [0.5, 0.6) is 0 Å². The largest absolute Gasteiger partial charge is 0.550 e. The van der Waals surface area contributed by atoms with Gasteiger partial charge in [-0.15, -0.1) is 0 Å². The van der Waals surface area contributed by atoms with Gasteiger partial charge in [0, 0.05) is 31.2 Å². The van der Waals surface area contributed by atoms with E-state index in [0.717, 1.165) is 19.5 Å². The van der Waals surface area contributed by atoms with Crippen LogP contribution in [0, 0.1) is 0 Å². The first-order valence-corrected chi connectivity index (χ1v) is 5.58. The van der Waals surface area contributed by atoms with Gasteiger partial charge in [0.1, 0.15) is 0 Å². The van der Waals surface area contributed by atoms with Crippen molar-refractivity contribution in [1.29, 1.82) is 0 Å². The minimum Gasteiger partial charge on any atom is -0.550 e. The summed E-state index contributed by atoms with van der Waals surface area (Å²) in [4.78, 5) is 15.5. The van der Waals surface area contributed by atoms with Crippen molar-refractivity contribution in [3.05, 3.63) is 30.1 Å². The molecule has 0 aliphatic rings. The number of carboxylic acids is 1. The molecule has 0 radical (unpaired) electrons. The predicted octanol–water partition coefficient (Wildman–Crippen LogP) is -1.33. The van der Waals surface area contributed by atoms with Crippen molar-refractivity contribution in [3.63, 3.8) is 0 Å². The summed E-state index contributed by atoms with van der Waals surface area (Å²) < 4.78 is 0. The third kappa shape index (κ3) is 5.46. The topological polar surface area (TPSA) is 57.5 Å². The Bertz CT molecular complexity index is 314. The zero-order valence-corrected chi connectivity index (χ0v) is 9.61. The maximum Gasteiger partial charge on any atom is 0.0809 e. The number of hydrogen-bond donors (Lipinski definition) is 1. The van der Waals surface area contributed by atoms with E-state index in [1.807, 2.05) is 12.1 Å². The van der Waals surface area contributed by atoms with Crippen LogP contribution < -0.4 is 10.0 Å². The van der Waals surface area contributed by atoms with Crippen LogP contribution in [-0.4, -0.2) is 31.1 Å². The van der Waals surface area contributed by atoms with Gasteiger partial charge in [-0.2, -0.15) is 0 Å². The van der Waals surface area contributed by atoms with Gasteiger partial charge in [-0.05, 0) is 24.1 Å². The van der Waals surface area contributed by atoms with Crippen molar-refractivity contribution < 1.29 is 14.8 Å². The number of aliphatic carboxylic acids is 1. The van der Waals surface area contributed by atoms with Crippen LogP contribution in [0.2, 0.25) is 0 Å². The Balaban J connectivity index is 2.15. The Hall–Kier alpha value is -1.42. The maximum atomic E-state index is 10.2. The van der Waals surface area contributed by atoms with Crippen LogP contribution in [0.25, 0.3) is 0 Å². The van der Waals surface area contributed by atoms with Crippen LogP contribution in [0.3, 0.4) is 0 Å². The van der Waals surface area contributed by atoms with E-state index in [1.54, 1.807) is 12.4 Å². The highest BCUT2D eigenvalue weighted by Crippen LogP contribution is 1.94. The first-order chi connectivity index (χ1) is 7.68. The summed E-state index contributed by atoms with van der Waals surface area (Å²) >= 11 is 0. The van der Waals surface area contributed by atoms with E-state index in [4.69, 9.17) is 0 Å². The van der Waals surface area contributed by atoms with Gasteiger partial charge < -0.3 is 14.8 Å². The molecule has 1 aromatic heterocycles. The third-order valence-electron chi connectivity index (χ3n) is 2.57. The molecule has 4 heteroatoms.